The largest absolute Gasteiger partial charge is 0.374 e. The Balaban J connectivity index is 2.81. The number of ether oxygens (including phenoxy) is 1. The molecular formula is C8H12N2O. The predicted molar refractivity (Wildman–Crippen MR) is 42.2 cm³/mol. The van der Waals surface area contributed by atoms with E-state index < -0.39 is 0 Å². The Morgan fingerprint density at radius 1 is 1.36 bits per heavy atom. The molecule has 0 amide bonds. The van der Waals surface area contributed by atoms with Gasteiger partial charge in [-0.2, -0.15) is 0 Å². The molecule has 0 aromatic carbocycles. The maximum Gasteiger partial charge on any atom is 0.156 e. The molecule has 0 bridgehead atoms. The number of aryl methyl sites for hydroxylation is 1. The molecular weight excluding hydrogens is 140 g/mol. The van der Waals surface area contributed by atoms with Gasteiger partial charge < -0.3 is 4.74 Å². The first-order chi connectivity index (χ1) is 5.24. The third-order valence-corrected chi connectivity index (χ3v) is 1.52. The van der Waals surface area contributed by atoms with Crippen molar-refractivity contribution in [1.29, 1.82) is 0 Å². The van der Waals surface area contributed by atoms with Crippen LogP contribution in [0.2, 0.25) is 0 Å². The van der Waals surface area contributed by atoms with Gasteiger partial charge in [0.1, 0.15) is 6.10 Å². The van der Waals surface area contributed by atoms with E-state index in [2.05, 4.69) is 9.97 Å². The molecule has 1 heterocycles. The lowest BCUT2D eigenvalue weighted by molar-refractivity contribution is 0.112. The highest BCUT2D eigenvalue weighted by molar-refractivity contribution is 5.02. The van der Waals surface area contributed by atoms with Crippen LogP contribution in [0.3, 0.4) is 0 Å². The van der Waals surface area contributed by atoms with Gasteiger partial charge in [-0.3, -0.25) is 0 Å². The second kappa shape index (κ2) is 3.44. The number of hydrogen-bond acceptors (Lipinski definition) is 3. The lowest BCUT2D eigenvalue weighted by Gasteiger charge is -2.06. The molecule has 0 N–H and O–H groups in total. The Hall–Kier alpha value is -0.960. The van der Waals surface area contributed by atoms with Crippen LogP contribution in [-0.4, -0.2) is 17.1 Å². The quantitative estimate of drug-likeness (QED) is 0.644. The Bertz CT molecular complexity index is 220. The zero-order valence-electron chi connectivity index (χ0n) is 7.03. The second-order valence-electron chi connectivity index (χ2n) is 2.50. The summed E-state index contributed by atoms with van der Waals surface area (Å²) in [4.78, 5) is 8.23. The van der Waals surface area contributed by atoms with Crippen LogP contribution in [-0.2, 0) is 4.74 Å². The number of methoxy groups -OCH3 is 1. The summed E-state index contributed by atoms with van der Waals surface area (Å²) in [6, 6.07) is 0. The van der Waals surface area contributed by atoms with Crippen molar-refractivity contribution in [2.75, 3.05) is 7.11 Å². The number of hydrogen-bond donors (Lipinski definition) is 0. The lowest BCUT2D eigenvalue weighted by atomic mass is 10.3. The summed E-state index contributed by atoms with van der Waals surface area (Å²) in [6.45, 7) is 3.88. The van der Waals surface area contributed by atoms with Gasteiger partial charge in [0.25, 0.3) is 0 Å². The fourth-order valence-electron chi connectivity index (χ4n) is 0.718. The third kappa shape index (κ3) is 1.98. The molecule has 1 aromatic heterocycles. The van der Waals surface area contributed by atoms with Crippen LogP contribution >= 0.6 is 0 Å². The summed E-state index contributed by atoms with van der Waals surface area (Å²) in [5, 5.41) is 0. The van der Waals surface area contributed by atoms with E-state index in [-0.39, 0.29) is 6.10 Å². The topological polar surface area (TPSA) is 35.0 Å². The van der Waals surface area contributed by atoms with Crippen molar-refractivity contribution in [3.63, 3.8) is 0 Å². The lowest BCUT2D eigenvalue weighted by Crippen LogP contribution is -2.01. The van der Waals surface area contributed by atoms with Gasteiger partial charge in [-0.05, 0) is 19.4 Å². The van der Waals surface area contributed by atoms with Crippen LogP contribution in [0.25, 0.3) is 0 Å². The van der Waals surface area contributed by atoms with E-state index in [0.717, 1.165) is 11.4 Å². The van der Waals surface area contributed by atoms with Crippen LogP contribution in [0.4, 0.5) is 0 Å². The zero-order valence-corrected chi connectivity index (χ0v) is 7.03. The summed E-state index contributed by atoms with van der Waals surface area (Å²) in [7, 11) is 1.65. The van der Waals surface area contributed by atoms with Gasteiger partial charge in [0, 0.05) is 19.5 Å². The Labute approximate surface area is 66.4 Å². The normalized spacial score (nSPS) is 13.0. The first-order valence-electron chi connectivity index (χ1n) is 3.55. The van der Waals surface area contributed by atoms with E-state index in [0.29, 0.717) is 0 Å². The average molecular weight is 152 g/mol. The molecule has 60 valence electrons. The molecule has 0 saturated carbocycles. The third-order valence-electron chi connectivity index (χ3n) is 1.52. The number of nitrogens with zero attached hydrogens (tertiary/aromatic N) is 2. The summed E-state index contributed by atoms with van der Waals surface area (Å²) in [5.41, 5.74) is 1.07. The van der Waals surface area contributed by atoms with E-state index in [1.807, 2.05) is 13.8 Å². The fourth-order valence-corrected chi connectivity index (χ4v) is 0.718. The zero-order chi connectivity index (χ0) is 8.27. The van der Waals surface area contributed by atoms with Gasteiger partial charge in [0.2, 0.25) is 0 Å². The second-order valence-corrected chi connectivity index (χ2v) is 2.50. The van der Waals surface area contributed by atoms with Gasteiger partial charge in [0.05, 0.1) is 0 Å². The first-order valence-corrected chi connectivity index (χ1v) is 3.55. The highest BCUT2D eigenvalue weighted by atomic mass is 16.5. The molecule has 0 aliphatic rings. The average Bonchev–Trinajstić information content (AvgIpc) is 2.05. The molecule has 1 aromatic rings. The molecule has 1 unspecified atom stereocenters. The Morgan fingerprint density at radius 3 is 2.36 bits per heavy atom. The van der Waals surface area contributed by atoms with Crippen LogP contribution < -0.4 is 0 Å². The molecule has 0 radical (unpaired) electrons. The molecule has 0 fully saturated rings. The van der Waals surface area contributed by atoms with Gasteiger partial charge in [-0.15, -0.1) is 0 Å². The predicted octanol–water partition coefficient (Wildman–Crippen LogP) is 1.49. The smallest absolute Gasteiger partial charge is 0.156 e. The SMILES string of the molecule is COC(C)c1ncc(C)cn1. The van der Waals surface area contributed by atoms with Crippen LogP contribution in [0, 0.1) is 6.92 Å². The minimum absolute atomic E-state index is 0.0180. The van der Waals surface area contributed by atoms with Crippen molar-refractivity contribution < 1.29 is 4.74 Å². The highest BCUT2D eigenvalue weighted by Crippen LogP contribution is 2.08. The van der Waals surface area contributed by atoms with E-state index in [9.17, 15) is 0 Å². The van der Waals surface area contributed by atoms with Crippen LogP contribution in [0.5, 0.6) is 0 Å². The number of aromatic nitrogens is 2. The molecule has 11 heavy (non-hydrogen) atoms. The summed E-state index contributed by atoms with van der Waals surface area (Å²) >= 11 is 0. The maximum absolute atomic E-state index is 5.05. The highest BCUT2D eigenvalue weighted by Gasteiger charge is 2.04. The summed E-state index contributed by atoms with van der Waals surface area (Å²) < 4.78 is 5.05. The maximum atomic E-state index is 5.05. The minimum atomic E-state index is -0.0180. The van der Waals surface area contributed by atoms with E-state index in [4.69, 9.17) is 4.74 Å². The molecule has 1 atom stereocenters. The molecule has 0 spiro atoms. The standard InChI is InChI=1S/C8H12N2O/c1-6-4-9-8(10-5-6)7(2)11-3/h4-5,7H,1-3H3. The molecule has 3 nitrogen and oxygen atoms in total. The minimum Gasteiger partial charge on any atom is -0.374 e. The molecule has 3 heteroatoms. The number of rotatable bonds is 2. The molecule has 0 aliphatic carbocycles. The Kier molecular flexibility index (Phi) is 2.54. The van der Waals surface area contributed by atoms with Gasteiger partial charge in [-0.25, -0.2) is 9.97 Å². The van der Waals surface area contributed by atoms with Crippen molar-refractivity contribution in [1.82, 2.24) is 9.97 Å². The van der Waals surface area contributed by atoms with Crippen molar-refractivity contribution in [3.8, 4) is 0 Å². The van der Waals surface area contributed by atoms with E-state index in [1.165, 1.54) is 0 Å². The van der Waals surface area contributed by atoms with Crippen LogP contribution in [0.15, 0.2) is 12.4 Å². The van der Waals surface area contributed by atoms with Crippen molar-refractivity contribution in [3.05, 3.63) is 23.8 Å². The monoisotopic (exact) mass is 152 g/mol. The first kappa shape index (κ1) is 8.14. The van der Waals surface area contributed by atoms with E-state index >= 15 is 0 Å². The summed E-state index contributed by atoms with van der Waals surface area (Å²) in [6.07, 6.45) is 3.56. The van der Waals surface area contributed by atoms with Crippen molar-refractivity contribution >= 4 is 0 Å². The van der Waals surface area contributed by atoms with Crippen molar-refractivity contribution in [2.45, 2.75) is 20.0 Å². The molecule has 0 aliphatic heterocycles. The van der Waals surface area contributed by atoms with Gasteiger partial charge in [-0.1, -0.05) is 0 Å². The van der Waals surface area contributed by atoms with Gasteiger partial charge in [0.15, 0.2) is 5.82 Å². The molecule has 0 saturated heterocycles. The Morgan fingerprint density at radius 2 is 1.91 bits per heavy atom. The van der Waals surface area contributed by atoms with Crippen LogP contribution in [0.1, 0.15) is 24.4 Å². The van der Waals surface area contributed by atoms with Crippen molar-refractivity contribution in [2.24, 2.45) is 0 Å². The summed E-state index contributed by atoms with van der Waals surface area (Å²) in [5.74, 6) is 0.734. The van der Waals surface area contributed by atoms with E-state index in [1.54, 1.807) is 19.5 Å². The molecule has 1 rings (SSSR count). The van der Waals surface area contributed by atoms with Gasteiger partial charge >= 0.3 is 0 Å². The fraction of sp³-hybridized carbons (Fsp3) is 0.500.